The van der Waals surface area contributed by atoms with Crippen molar-refractivity contribution in [2.24, 2.45) is 5.18 Å². The van der Waals surface area contributed by atoms with Gasteiger partial charge in [-0.05, 0) is 23.1 Å². The molecule has 80 valence electrons. The second-order valence-corrected chi connectivity index (χ2v) is 3.72. The van der Waals surface area contributed by atoms with Crippen LogP contribution in [0.25, 0.3) is 0 Å². The van der Waals surface area contributed by atoms with Gasteiger partial charge in [-0.2, -0.15) is 4.91 Å². The lowest BCUT2D eigenvalue weighted by Gasteiger charge is -2.06. The van der Waals surface area contributed by atoms with Crippen LogP contribution in [0.3, 0.4) is 0 Å². The summed E-state index contributed by atoms with van der Waals surface area (Å²) in [7, 11) is 0. The van der Waals surface area contributed by atoms with Gasteiger partial charge in [0.2, 0.25) is 0 Å². The highest BCUT2D eigenvalue weighted by molar-refractivity contribution is 5.32. The Kier molecular flexibility index (Phi) is 3.44. The summed E-state index contributed by atoms with van der Waals surface area (Å²) in [5.74, 6) is 0. The monoisotopic (exact) mass is 211 g/mol. The smallest absolute Gasteiger partial charge is 0.106 e. The molecular formula is C14H13NO. The molecule has 0 fully saturated rings. The third-order valence-corrected chi connectivity index (χ3v) is 2.59. The SMILES string of the molecule is O=NCc1ccccc1Cc1ccccc1. The minimum absolute atomic E-state index is 0.253. The Hall–Kier alpha value is -1.96. The van der Waals surface area contributed by atoms with Gasteiger partial charge in [0.15, 0.2) is 0 Å². The minimum Gasteiger partial charge on any atom is -0.150 e. The van der Waals surface area contributed by atoms with Crippen LogP contribution < -0.4 is 0 Å². The van der Waals surface area contributed by atoms with Crippen LogP contribution in [0.5, 0.6) is 0 Å². The lowest BCUT2D eigenvalue weighted by molar-refractivity contribution is 1.01. The fourth-order valence-corrected chi connectivity index (χ4v) is 1.77. The summed E-state index contributed by atoms with van der Waals surface area (Å²) in [5.41, 5.74) is 3.44. The fourth-order valence-electron chi connectivity index (χ4n) is 1.77. The maximum Gasteiger partial charge on any atom is 0.106 e. The fraction of sp³-hybridized carbons (Fsp3) is 0.143. The summed E-state index contributed by atoms with van der Waals surface area (Å²) < 4.78 is 0. The molecule has 2 nitrogen and oxygen atoms in total. The second-order valence-electron chi connectivity index (χ2n) is 3.72. The van der Waals surface area contributed by atoms with E-state index >= 15 is 0 Å². The van der Waals surface area contributed by atoms with Crippen LogP contribution in [0.2, 0.25) is 0 Å². The van der Waals surface area contributed by atoms with Gasteiger partial charge < -0.3 is 0 Å². The molecule has 0 saturated heterocycles. The molecule has 0 amide bonds. The van der Waals surface area contributed by atoms with E-state index in [2.05, 4.69) is 17.3 Å². The van der Waals surface area contributed by atoms with E-state index < -0.39 is 0 Å². The summed E-state index contributed by atoms with van der Waals surface area (Å²) in [6, 6.07) is 18.2. The van der Waals surface area contributed by atoms with Crippen LogP contribution in [-0.2, 0) is 13.0 Å². The first-order chi connectivity index (χ1) is 7.90. The first kappa shape index (κ1) is 10.6. The van der Waals surface area contributed by atoms with Crippen molar-refractivity contribution in [2.75, 3.05) is 0 Å². The molecule has 0 aliphatic carbocycles. The Morgan fingerprint density at radius 1 is 0.812 bits per heavy atom. The van der Waals surface area contributed by atoms with E-state index in [4.69, 9.17) is 0 Å². The van der Waals surface area contributed by atoms with Crippen LogP contribution in [0, 0.1) is 4.91 Å². The minimum atomic E-state index is 0.253. The second kappa shape index (κ2) is 5.21. The van der Waals surface area contributed by atoms with Crippen molar-refractivity contribution in [1.82, 2.24) is 0 Å². The number of nitrogens with zero attached hydrogens (tertiary/aromatic N) is 1. The molecule has 0 aliphatic rings. The Labute approximate surface area is 94.9 Å². The lowest BCUT2D eigenvalue weighted by atomic mass is 10.00. The predicted octanol–water partition coefficient (Wildman–Crippen LogP) is 3.54. The van der Waals surface area contributed by atoms with E-state index in [1.54, 1.807) is 0 Å². The third kappa shape index (κ3) is 2.54. The zero-order valence-corrected chi connectivity index (χ0v) is 8.97. The highest BCUT2D eigenvalue weighted by atomic mass is 16.3. The molecule has 0 spiro atoms. The lowest BCUT2D eigenvalue weighted by Crippen LogP contribution is -1.94. The summed E-state index contributed by atoms with van der Waals surface area (Å²) in [6.07, 6.45) is 0.854. The first-order valence-electron chi connectivity index (χ1n) is 5.30. The standard InChI is InChI=1S/C14H13NO/c16-15-11-14-9-5-4-8-13(14)10-12-6-2-1-3-7-12/h1-9H,10-11H2. The molecule has 0 atom stereocenters. The summed E-state index contributed by atoms with van der Waals surface area (Å²) >= 11 is 0. The molecular weight excluding hydrogens is 198 g/mol. The van der Waals surface area contributed by atoms with Crippen LogP contribution >= 0.6 is 0 Å². The Bertz CT molecular complexity index is 465. The normalized spacial score (nSPS) is 10.0. The molecule has 0 aliphatic heterocycles. The van der Waals surface area contributed by atoms with E-state index in [1.165, 1.54) is 11.1 Å². The molecule has 2 aromatic carbocycles. The zero-order chi connectivity index (χ0) is 11.2. The molecule has 16 heavy (non-hydrogen) atoms. The van der Waals surface area contributed by atoms with E-state index in [0.29, 0.717) is 0 Å². The van der Waals surface area contributed by atoms with Crippen molar-refractivity contribution in [1.29, 1.82) is 0 Å². The molecule has 0 aromatic heterocycles. The number of hydrogen-bond acceptors (Lipinski definition) is 2. The average Bonchev–Trinajstić information content (AvgIpc) is 2.33. The van der Waals surface area contributed by atoms with Crippen LogP contribution in [0.15, 0.2) is 59.8 Å². The van der Waals surface area contributed by atoms with Gasteiger partial charge in [-0.1, -0.05) is 59.8 Å². The maximum atomic E-state index is 10.3. The number of nitroso groups, excluding NO2 is 1. The molecule has 2 rings (SSSR count). The van der Waals surface area contributed by atoms with Gasteiger partial charge in [-0.15, -0.1) is 0 Å². The van der Waals surface area contributed by atoms with Crippen molar-refractivity contribution in [3.8, 4) is 0 Å². The van der Waals surface area contributed by atoms with Gasteiger partial charge in [0.25, 0.3) is 0 Å². The molecule has 0 unspecified atom stereocenters. The maximum absolute atomic E-state index is 10.3. The van der Waals surface area contributed by atoms with E-state index in [-0.39, 0.29) is 6.54 Å². The molecule has 0 radical (unpaired) electrons. The number of rotatable bonds is 4. The van der Waals surface area contributed by atoms with E-state index in [0.717, 1.165) is 12.0 Å². The van der Waals surface area contributed by atoms with E-state index in [1.807, 2.05) is 42.5 Å². The van der Waals surface area contributed by atoms with Gasteiger partial charge in [-0.3, -0.25) is 0 Å². The highest BCUT2D eigenvalue weighted by Gasteiger charge is 2.02. The first-order valence-corrected chi connectivity index (χ1v) is 5.30. The predicted molar refractivity (Wildman–Crippen MR) is 65.2 cm³/mol. The molecule has 0 heterocycles. The quantitative estimate of drug-likeness (QED) is 0.711. The van der Waals surface area contributed by atoms with Crippen LogP contribution in [-0.4, -0.2) is 0 Å². The van der Waals surface area contributed by atoms with Crippen LogP contribution in [0.1, 0.15) is 16.7 Å². The number of hydrogen-bond donors (Lipinski definition) is 0. The van der Waals surface area contributed by atoms with Crippen molar-refractivity contribution in [3.63, 3.8) is 0 Å². The van der Waals surface area contributed by atoms with Crippen LogP contribution in [0.4, 0.5) is 0 Å². The topological polar surface area (TPSA) is 29.4 Å². The van der Waals surface area contributed by atoms with Gasteiger partial charge in [0.05, 0.1) is 0 Å². The largest absolute Gasteiger partial charge is 0.150 e. The summed E-state index contributed by atoms with van der Waals surface area (Å²) in [5, 5.41) is 2.96. The molecule has 0 saturated carbocycles. The average molecular weight is 211 g/mol. The summed E-state index contributed by atoms with van der Waals surface area (Å²) in [4.78, 5) is 10.3. The Balaban J connectivity index is 2.24. The number of benzene rings is 2. The Morgan fingerprint density at radius 2 is 1.44 bits per heavy atom. The Morgan fingerprint density at radius 3 is 2.12 bits per heavy atom. The van der Waals surface area contributed by atoms with E-state index in [9.17, 15) is 4.91 Å². The van der Waals surface area contributed by atoms with Gasteiger partial charge >= 0.3 is 0 Å². The van der Waals surface area contributed by atoms with Crippen molar-refractivity contribution in [3.05, 3.63) is 76.2 Å². The third-order valence-electron chi connectivity index (χ3n) is 2.59. The van der Waals surface area contributed by atoms with Gasteiger partial charge in [-0.25, -0.2) is 0 Å². The zero-order valence-electron chi connectivity index (χ0n) is 8.97. The van der Waals surface area contributed by atoms with Crippen molar-refractivity contribution in [2.45, 2.75) is 13.0 Å². The molecule has 2 heteroatoms. The van der Waals surface area contributed by atoms with Crippen molar-refractivity contribution < 1.29 is 0 Å². The molecule has 2 aromatic rings. The van der Waals surface area contributed by atoms with Gasteiger partial charge in [0.1, 0.15) is 6.54 Å². The summed E-state index contributed by atoms with van der Waals surface area (Å²) in [6.45, 7) is 0.253. The molecule has 0 N–H and O–H groups in total. The van der Waals surface area contributed by atoms with Gasteiger partial charge in [0, 0.05) is 0 Å². The van der Waals surface area contributed by atoms with Crippen molar-refractivity contribution >= 4 is 0 Å². The highest BCUT2D eigenvalue weighted by Crippen LogP contribution is 2.15. The molecule has 0 bridgehead atoms.